The summed E-state index contributed by atoms with van der Waals surface area (Å²) in [5.41, 5.74) is 2.33. The monoisotopic (exact) mass is 306 g/mol. The van der Waals surface area contributed by atoms with Crippen LogP contribution in [0.15, 0.2) is 11.4 Å². The van der Waals surface area contributed by atoms with E-state index in [1.807, 2.05) is 12.3 Å². The number of carbonyl (C=O) groups is 1. The van der Waals surface area contributed by atoms with Crippen molar-refractivity contribution in [3.63, 3.8) is 0 Å². The first kappa shape index (κ1) is 13.8. The Hall–Kier alpha value is -1.20. The van der Waals surface area contributed by atoms with Gasteiger partial charge < -0.3 is 0 Å². The standard InChI is InChI=1S/C15H18N2OS2/c1-3-10-4-5-12-11(6-10)7-13(20-12)14(18)17-15-16-9(2)8-19-15/h7-8,10H,3-6H2,1-2H3,(H,16,17,18)/t10-/m0/s1. The molecule has 0 radical (unpaired) electrons. The Labute approximate surface area is 127 Å². The Morgan fingerprint density at radius 2 is 2.40 bits per heavy atom. The molecule has 0 saturated carbocycles. The fourth-order valence-electron chi connectivity index (χ4n) is 2.63. The number of carbonyl (C=O) groups excluding carboxylic acids is 1. The van der Waals surface area contributed by atoms with Crippen molar-refractivity contribution in [2.75, 3.05) is 5.32 Å². The lowest BCUT2D eigenvalue weighted by molar-refractivity contribution is 0.103. The van der Waals surface area contributed by atoms with Crippen LogP contribution < -0.4 is 5.32 Å². The number of amides is 1. The van der Waals surface area contributed by atoms with Crippen LogP contribution in [-0.2, 0) is 12.8 Å². The van der Waals surface area contributed by atoms with Gasteiger partial charge in [0.2, 0.25) is 0 Å². The van der Waals surface area contributed by atoms with Crippen molar-refractivity contribution in [2.45, 2.75) is 39.5 Å². The van der Waals surface area contributed by atoms with Gasteiger partial charge in [-0.2, -0.15) is 0 Å². The second kappa shape index (κ2) is 5.66. The predicted octanol–water partition coefficient (Wildman–Crippen LogP) is 4.28. The molecule has 106 valence electrons. The number of fused-ring (bicyclic) bond motifs is 1. The van der Waals surface area contributed by atoms with Gasteiger partial charge in [0.1, 0.15) is 0 Å². The van der Waals surface area contributed by atoms with Crippen molar-refractivity contribution in [2.24, 2.45) is 5.92 Å². The number of hydrogen-bond donors (Lipinski definition) is 1. The molecule has 0 saturated heterocycles. The molecular weight excluding hydrogens is 288 g/mol. The molecule has 0 aromatic carbocycles. The third-order valence-electron chi connectivity index (χ3n) is 3.83. The summed E-state index contributed by atoms with van der Waals surface area (Å²) in [5, 5.41) is 5.52. The summed E-state index contributed by atoms with van der Waals surface area (Å²) in [7, 11) is 0. The SMILES string of the molecule is CC[C@H]1CCc2sc(C(=O)Nc3nc(C)cs3)cc2C1. The van der Waals surface area contributed by atoms with Gasteiger partial charge in [0.15, 0.2) is 5.13 Å². The third-order valence-corrected chi connectivity index (χ3v) is 5.94. The highest BCUT2D eigenvalue weighted by Gasteiger charge is 2.22. The molecule has 0 spiro atoms. The number of rotatable bonds is 3. The van der Waals surface area contributed by atoms with E-state index < -0.39 is 0 Å². The van der Waals surface area contributed by atoms with Crippen LogP contribution >= 0.6 is 22.7 Å². The fourth-order valence-corrected chi connectivity index (χ4v) is 4.42. The lowest BCUT2D eigenvalue weighted by atomic mass is 9.87. The normalized spacial score (nSPS) is 17.8. The Bertz CT molecular complexity index is 630. The highest BCUT2D eigenvalue weighted by atomic mass is 32.1. The molecule has 0 bridgehead atoms. The Balaban J connectivity index is 1.74. The van der Waals surface area contributed by atoms with Crippen LogP contribution in [-0.4, -0.2) is 10.9 Å². The highest BCUT2D eigenvalue weighted by Crippen LogP contribution is 2.33. The molecule has 2 aromatic heterocycles. The van der Waals surface area contributed by atoms with Gasteiger partial charge in [-0.05, 0) is 43.7 Å². The van der Waals surface area contributed by atoms with Crippen molar-refractivity contribution in [3.05, 3.63) is 32.5 Å². The first-order valence-corrected chi connectivity index (χ1v) is 8.70. The molecule has 2 aromatic rings. The van der Waals surface area contributed by atoms with Crippen molar-refractivity contribution < 1.29 is 4.79 Å². The Morgan fingerprint density at radius 3 is 3.10 bits per heavy atom. The first-order chi connectivity index (χ1) is 9.65. The van der Waals surface area contributed by atoms with Gasteiger partial charge >= 0.3 is 0 Å². The Morgan fingerprint density at radius 1 is 1.55 bits per heavy atom. The van der Waals surface area contributed by atoms with Crippen LogP contribution in [0.1, 0.15) is 45.6 Å². The summed E-state index contributed by atoms with van der Waals surface area (Å²) in [5.74, 6) is 0.765. The summed E-state index contributed by atoms with van der Waals surface area (Å²) in [4.78, 5) is 18.8. The predicted molar refractivity (Wildman–Crippen MR) is 84.9 cm³/mol. The van der Waals surface area contributed by atoms with Gasteiger partial charge in [-0.25, -0.2) is 4.98 Å². The van der Waals surface area contributed by atoms with Gasteiger partial charge in [0.25, 0.3) is 5.91 Å². The molecular formula is C15H18N2OS2. The number of thiazole rings is 1. The van der Waals surface area contributed by atoms with Crippen LogP contribution in [0.25, 0.3) is 0 Å². The van der Waals surface area contributed by atoms with Crippen molar-refractivity contribution >= 4 is 33.7 Å². The van der Waals surface area contributed by atoms with Gasteiger partial charge in [0, 0.05) is 10.3 Å². The number of aromatic nitrogens is 1. The maximum Gasteiger partial charge on any atom is 0.267 e. The maximum absolute atomic E-state index is 12.3. The second-order valence-electron chi connectivity index (χ2n) is 5.32. The number of hydrogen-bond acceptors (Lipinski definition) is 4. The molecule has 3 nitrogen and oxygen atoms in total. The van der Waals surface area contributed by atoms with Crippen molar-refractivity contribution in [1.29, 1.82) is 0 Å². The number of nitrogens with zero attached hydrogens (tertiary/aromatic N) is 1. The third kappa shape index (κ3) is 2.79. The van der Waals surface area contributed by atoms with E-state index in [0.717, 1.165) is 29.3 Å². The van der Waals surface area contributed by atoms with Crippen molar-refractivity contribution in [1.82, 2.24) is 4.98 Å². The van der Waals surface area contributed by atoms with E-state index >= 15 is 0 Å². The van der Waals surface area contributed by atoms with E-state index in [1.54, 1.807) is 11.3 Å². The molecule has 1 N–H and O–H groups in total. The number of nitrogens with one attached hydrogen (secondary N) is 1. The molecule has 1 atom stereocenters. The largest absolute Gasteiger partial charge is 0.297 e. The Kier molecular flexibility index (Phi) is 3.89. The summed E-state index contributed by atoms with van der Waals surface area (Å²) < 4.78 is 0. The molecule has 1 aliphatic carbocycles. The molecule has 1 amide bonds. The van der Waals surface area contributed by atoms with E-state index in [1.165, 1.54) is 34.6 Å². The minimum absolute atomic E-state index is 0.0215. The summed E-state index contributed by atoms with van der Waals surface area (Å²) in [6, 6.07) is 2.08. The van der Waals surface area contributed by atoms with E-state index in [0.29, 0.717) is 5.13 Å². The van der Waals surface area contributed by atoms with Crippen LogP contribution in [0.4, 0.5) is 5.13 Å². The summed E-state index contributed by atoms with van der Waals surface area (Å²) >= 11 is 3.12. The zero-order valence-electron chi connectivity index (χ0n) is 11.7. The molecule has 2 heterocycles. The molecule has 1 aliphatic rings. The molecule has 5 heteroatoms. The topological polar surface area (TPSA) is 42.0 Å². The van der Waals surface area contributed by atoms with E-state index in [9.17, 15) is 4.79 Å². The minimum atomic E-state index is -0.0215. The van der Waals surface area contributed by atoms with Gasteiger partial charge in [-0.15, -0.1) is 22.7 Å². The molecule has 0 unspecified atom stereocenters. The number of aryl methyl sites for hydroxylation is 2. The molecule has 0 aliphatic heterocycles. The lowest BCUT2D eigenvalue weighted by Gasteiger charge is -2.19. The zero-order valence-corrected chi connectivity index (χ0v) is 13.4. The second-order valence-corrected chi connectivity index (χ2v) is 7.32. The first-order valence-electron chi connectivity index (χ1n) is 7.00. The quantitative estimate of drug-likeness (QED) is 0.919. The average molecular weight is 306 g/mol. The molecule has 0 fully saturated rings. The van der Waals surface area contributed by atoms with Gasteiger partial charge in [0.05, 0.1) is 10.6 Å². The fraction of sp³-hybridized carbons (Fsp3) is 0.467. The maximum atomic E-state index is 12.3. The summed E-state index contributed by atoms with van der Waals surface area (Å²) in [6.45, 7) is 4.18. The average Bonchev–Trinajstić information content (AvgIpc) is 3.03. The zero-order chi connectivity index (χ0) is 14.1. The molecule has 20 heavy (non-hydrogen) atoms. The van der Waals surface area contributed by atoms with E-state index in [2.05, 4.69) is 23.3 Å². The van der Waals surface area contributed by atoms with E-state index in [4.69, 9.17) is 0 Å². The highest BCUT2D eigenvalue weighted by molar-refractivity contribution is 7.15. The number of anilines is 1. The minimum Gasteiger partial charge on any atom is -0.297 e. The van der Waals surface area contributed by atoms with Crippen LogP contribution in [0.3, 0.4) is 0 Å². The smallest absolute Gasteiger partial charge is 0.267 e. The van der Waals surface area contributed by atoms with Crippen LogP contribution in [0, 0.1) is 12.8 Å². The lowest BCUT2D eigenvalue weighted by Crippen LogP contribution is -2.11. The molecule has 3 rings (SSSR count). The van der Waals surface area contributed by atoms with Crippen LogP contribution in [0.5, 0.6) is 0 Å². The summed E-state index contributed by atoms with van der Waals surface area (Å²) in [6.07, 6.45) is 4.75. The van der Waals surface area contributed by atoms with Crippen molar-refractivity contribution in [3.8, 4) is 0 Å². The van der Waals surface area contributed by atoms with E-state index in [-0.39, 0.29) is 5.91 Å². The van der Waals surface area contributed by atoms with Crippen LogP contribution in [0.2, 0.25) is 0 Å². The van der Waals surface area contributed by atoms with Gasteiger partial charge in [-0.1, -0.05) is 13.3 Å². The van der Waals surface area contributed by atoms with Gasteiger partial charge in [-0.3, -0.25) is 10.1 Å². The number of thiophene rings is 1.